The van der Waals surface area contributed by atoms with E-state index in [0.29, 0.717) is 18.6 Å². The topological polar surface area (TPSA) is 166 Å². The summed E-state index contributed by atoms with van der Waals surface area (Å²) in [5.41, 5.74) is 7.62. The third-order valence-corrected chi connectivity index (χ3v) is 7.37. The van der Waals surface area contributed by atoms with E-state index in [0.717, 1.165) is 16.5 Å². The Morgan fingerprint density at radius 3 is 2.24 bits per heavy atom. The lowest BCUT2D eigenvalue weighted by Crippen LogP contribution is -2.60. The van der Waals surface area contributed by atoms with Gasteiger partial charge in [-0.3, -0.25) is 14.4 Å². The number of hydrogen-bond donors (Lipinski definition) is 6. The first kappa shape index (κ1) is 31.2. The molecule has 0 spiro atoms. The Balaban J connectivity index is 2.15. The Morgan fingerprint density at radius 1 is 1.00 bits per heavy atom. The molecule has 1 aromatic carbocycles. The van der Waals surface area contributed by atoms with E-state index >= 15 is 0 Å². The molecule has 0 bridgehead atoms. The Hall–Kier alpha value is -3.05. The molecule has 2 rings (SSSR count). The van der Waals surface area contributed by atoms with Gasteiger partial charge in [-0.25, -0.2) is 4.79 Å². The number of H-pyrrole nitrogens is 1. The summed E-state index contributed by atoms with van der Waals surface area (Å²) < 4.78 is 0. The molecular weight excluding hydrogens is 506 g/mol. The van der Waals surface area contributed by atoms with Crippen LogP contribution < -0.4 is 21.7 Å². The van der Waals surface area contributed by atoms with Gasteiger partial charge in [-0.15, -0.1) is 0 Å². The molecule has 2 aromatic rings. The molecule has 1 aromatic heterocycles. The second-order valence-electron chi connectivity index (χ2n) is 9.95. The van der Waals surface area contributed by atoms with E-state index in [4.69, 9.17) is 5.73 Å². The van der Waals surface area contributed by atoms with Crippen LogP contribution in [0.4, 0.5) is 0 Å². The van der Waals surface area contributed by atoms with Crippen LogP contribution in [0.5, 0.6) is 0 Å². The SMILES string of the molecule is CCC(C)C(NC(=O)C(N)CCSC)C(=O)NC(C(=O)NC(Cc1c[nH]c2ccccc12)C(=O)O)C(C)C. The van der Waals surface area contributed by atoms with Crippen molar-refractivity contribution in [3.63, 3.8) is 0 Å². The zero-order chi connectivity index (χ0) is 28.4. The van der Waals surface area contributed by atoms with Crippen LogP contribution in [0.2, 0.25) is 0 Å². The molecule has 1 heterocycles. The first-order chi connectivity index (χ1) is 18.0. The van der Waals surface area contributed by atoms with Crippen molar-refractivity contribution in [1.82, 2.24) is 20.9 Å². The van der Waals surface area contributed by atoms with Crippen molar-refractivity contribution in [3.8, 4) is 0 Å². The second-order valence-corrected chi connectivity index (χ2v) is 10.9. The average molecular weight is 548 g/mol. The molecule has 7 N–H and O–H groups in total. The lowest BCUT2D eigenvalue weighted by atomic mass is 9.96. The number of aromatic nitrogens is 1. The monoisotopic (exact) mass is 547 g/mol. The van der Waals surface area contributed by atoms with Crippen molar-refractivity contribution in [1.29, 1.82) is 0 Å². The van der Waals surface area contributed by atoms with Crippen LogP contribution >= 0.6 is 11.8 Å². The molecule has 0 saturated carbocycles. The summed E-state index contributed by atoms with van der Waals surface area (Å²) in [5, 5.41) is 18.8. The van der Waals surface area contributed by atoms with Crippen LogP contribution in [0, 0.1) is 11.8 Å². The van der Waals surface area contributed by atoms with Crippen LogP contribution in [0.1, 0.15) is 46.1 Å². The van der Waals surface area contributed by atoms with E-state index < -0.39 is 47.9 Å². The number of nitrogens with one attached hydrogen (secondary N) is 4. The van der Waals surface area contributed by atoms with Gasteiger partial charge < -0.3 is 31.8 Å². The molecule has 0 aliphatic heterocycles. The van der Waals surface area contributed by atoms with Gasteiger partial charge in [-0.2, -0.15) is 11.8 Å². The minimum absolute atomic E-state index is 0.0728. The van der Waals surface area contributed by atoms with Gasteiger partial charge in [0.05, 0.1) is 6.04 Å². The predicted octanol–water partition coefficient (Wildman–Crippen LogP) is 2.03. The van der Waals surface area contributed by atoms with Gasteiger partial charge in [0.1, 0.15) is 18.1 Å². The summed E-state index contributed by atoms with van der Waals surface area (Å²) in [6.45, 7) is 7.26. The smallest absolute Gasteiger partial charge is 0.326 e. The zero-order valence-corrected chi connectivity index (χ0v) is 23.6. The maximum Gasteiger partial charge on any atom is 0.326 e. The summed E-state index contributed by atoms with van der Waals surface area (Å²) in [6.07, 6.45) is 4.82. The van der Waals surface area contributed by atoms with Gasteiger partial charge in [0.25, 0.3) is 0 Å². The highest BCUT2D eigenvalue weighted by Gasteiger charge is 2.33. The van der Waals surface area contributed by atoms with Crippen LogP contribution in [-0.2, 0) is 25.6 Å². The Kier molecular flexibility index (Phi) is 12.1. The van der Waals surface area contributed by atoms with Crippen molar-refractivity contribution in [2.45, 2.75) is 71.1 Å². The number of carboxylic acid groups (broad SMARTS) is 1. The summed E-state index contributed by atoms with van der Waals surface area (Å²) in [7, 11) is 0. The third kappa shape index (κ3) is 8.49. The number of para-hydroxylation sites is 1. The van der Waals surface area contributed by atoms with E-state index in [2.05, 4.69) is 20.9 Å². The fraction of sp³-hybridized carbons (Fsp3) is 0.556. The van der Waals surface area contributed by atoms with Gasteiger partial charge in [0.2, 0.25) is 17.7 Å². The largest absolute Gasteiger partial charge is 0.480 e. The Morgan fingerprint density at radius 2 is 1.63 bits per heavy atom. The van der Waals surface area contributed by atoms with Crippen LogP contribution in [0.15, 0.2) is 30.5 Å². The number of fused-ring (bicyclic) bond motifs is 1. The minimum atomic E-state index is -1.20. The minimum Gasteiger partial charge on any atom is -0.480 e. The maximum absolute atomic E-state index is 13.3. The first-order valence-electron chi connectivity index (χ1n) is 12.9. The summed E-state index contributed by atoms with van der Waals surface area (Å²) in [6, 6.07) is 3.69. The van der Waals surface area contributed by atoms with Gasteiger partial charge in [-0.1, -0.05) is 52.3 Å². The van der Waals surface area contributed by atoms with Crippen LogP contribution in [0.25, 0.3) is 10.9 Å². The molecular formula is C27H41N5O5S. The number of rotatable bonds is 15. The van der Waals surface area contributed by atoms with E-state index in [1.54, 1.807) is 31.8 Å². The third-order valence-electron chi connectivity index (χ3n) is 6.72. The average Bonchev–Trinajstić information content (AvgIpc) is 3.30. The molecule has 210 valence electrons. The molecule has 0 saturated heterocycles. The number of hydrogen-bond acceptors (Lipinski definition) is 6. The molecule has 5 unspecified atom stereocenters. The number of benzene rings is 1. The fourth-order valence-electron chi connectivity index (χ4n) is 4.10. The van der Waals surface area contributed by atoms with Gasteiger partial charge >= 0.3 is 5.97 Å². The molecule has 38 heavy (non-hydrogen) atoms. The zero-order valence-electron chi connectivity index (χ0n) is 22.7. The highest BCUT2D eigenvalue weighted by molar-refractivity contribution is 7.98. The molecule has 3 amide bonds. The lowest BCUT2D eigenvalue weighted by molar-refractivity contribution is -0.142. The van der Waals surface area contributed by atoms with E-state index in [-0.39, 0.29) is 18.3 Å². The normalized spacial score (nSPS) is 15.3. The van der Waals surface area contributed by atoms with Crippen LogP contribution in [-0.4, -0.2) is 70.0 Å². The fourth-order valence-corrected chi connectivity index (χ4v) is 4.59. The van der Waals surface area contributed by atoms with E-state index in [1.807, 2.05) is 44.4 Å². The standard InChI is InChI=1S/C27H41N5O5S/c1-6-16(4)23(32-24(33)19(28)11-12-38-5)26(35)31-22(15(2)3)25(34)30-21(27(36)37)13-17-14-29-20-10-8-7-9-18(17)20/h7-10,14-16,19,21-23,29H,6,11-13,28H2,1-5H3,(H,30,34)(H,31,35)(H,32,33)(H,36,37). The highest BCUT2D eigenvalue weighted by atomic mass is 32.2. The van der Waals surface area contributed by atoms with Crippen molar-refractivity contribution < 1.29 is 24.3 Å². The quantitative estimate of drug-likeness (QED) is 0.198. The molecule has 0 radical (unpaired) electrons. The second kappa shape index (κ2) is 14.8. The van der Waals surface area contributed by atoms with Crippen molar-refractivity contribution in [2.24, 2.45) is 17.6 Å². The Labute approximate surface area is 228 Å². The maximum atomic E-state index is 13.3. The van der Waals surface area contributed by atoms with Crippen LogP contribution in [0.3, 0.4) is 0 Å². The van der Waals surface area contributed by atoms with Crippen molar-refractivity contribution in [3.05, 3.63) is 36.0 Å². The van der Waals surface area contributed by atoms with Gasteiger partial charge in [0.15, 0.2) is 0 Å². The van der Waals surface area contributed by atoms with E-state index in [9.17, 15) is 24.3 Å². The number of aromatic amines is 1. The van der Waals surface area contributed by atoms with Gasteiger partial charge in [-0.05, 0) is 41.9 Å². The number of thioether (sulfide) groups is 1. The van der Waals surface area contributed by atoms with Crippen molar-refractivity contribution in [2.75, 3.05) is 12.0 Å². The number of carboxylic acids is 1. The van der Waals surface area contributed by atoms with Crippen molar-refractivity contribution >= 4 is 46.4 Å². The molecule has 10 nitrogen and oxygen atoms in total. The highest BCUT2D eigenvalue weighted by Crippen LogP contribution is 2.19. The molecule has 0 aliphatic carbocycles. The lowest BCUT2D eigenvalue weighted by Gasteiger charge is -2.29. The first-order valence-corrected chi connectivity index (χ1v) is 14.3. The van der Waals surface area contributed by atoms with Gasteiger partial charge in [0, 0.05) is 23.5 Å². The molecule has 11 heteroatoms. The number of aliphatic carboxylic acids is 1. The molecule has 0 aliphatic rings. The number of nitrogens with two attached hydrogens (primary N) is 1. The summed E-state index contributed by atoms with van der Waals surface area (Å²) >= 11 is 1.58. The number of carbonyl (C=O) groups is 4. The summed E-state index contributed by atoms with van der Waals surface area (Å²) in [4.78, 5) is 54.3. The predicted molar refractivity (Wildman–Crippen MR) is 151 cm³/mol. The Bertz CT molecular complexity index is 1100. The summed E-state index contributed by atoms with van der Waals surface area (Å²) in [5.74, 6) is -2.55. The van der Waals surface area contributed by atoms with E-state index in [1.165, 1.54) is 0 Å². The number of amides is 3. The molecule has 0 fully saturated rings. The number of carbonyl (C=O) groups excluding carboxylic acids is 3. The molecule has 5 atom stereocenters.